The van der Waals surface area contributed by atoms with Crippen LogP contribution < -0.4 is 4.74 Å². The Morgan fingerprint density at radius 3 is 2.65 bits per heavy atom. The maximum atomic E-state index is 12.8. The molecular weight excluding hydrogens is 361 g/mol. The number of methoxy groups -OCH3 is 1. The molecule has 0 heterocycles. The van der Waals surface area contributed by atoms with Gasteiger partial charge in [-0.2, -0.15) is 4.39 Å². The molecule has 2 rings (SSSR count). The summed E-state index contributed by atoms with van der Waals surface area (Å²) in [4.78, 5) is 16.7. The topological polar surface area (TPSA) is 57.1 Å². The average molecular weight is 378 g/mol. The van der Waals surface area contributed by atoms with E-state index in [4.69, 9.17) is 25.9 Å². The van der Waals surface area contributed by atoms with Gasteiger partial charge in [0.25, 0.3) is 0 Å². The van der Waals surface area contributed by atoms with E-state index in [-0.39, 0.29) is 12.3 Å². The summed E-state index contributed by atoms with van der Waals surface area (Å²) in [7, 11) is 2.61. The Morgan fingerprint density at radius 2 is 1.96 bits per heavy atom. The van der Waals surface area contributed by atoms with Crippen LogP contribution in [0.5, 0.6) is 5.75 Å². The molecule has 0 spiro atoms. The van der Waals surface area contributed by atoms with Crippen LogP contribution in [0.2, 0.25) is 0 Å². The van der Waals surface area contributed by atoms with E-state index >= 15 is 0 Å². The van der Waals surface area contributed by atoms with Gasteiger partial charge in [0, 0.05) is 5.56 Å². The molecule has 0 N–H and O–H groups in total. The second kappa shape index (κ2) is 9.58. The molecule has 0 aliphatic carbocycles. The second-order valence-electron chi connectivity index (χ2n) is 5.07. The van der Waals surface area contributed by atoms with Gasteiger partial charge in [-0.05, 0) is 29.3 Å². The Balaban J connectivity index is 2.25. The van der Waals surface area contributed by atoms with Crippen molar-refractivity contribution >= 4 is 29.4 Å². The second-order valence-corrected chi connectivity index (χ2v) is 5.43. The van der Waals surface area contributed by atoms with E-state index in [0.29, 0.717) is 22.4 Å². The molecule has 2 aromatic rings. The van der Waals surface area contributed by atoms with Gasteiger partial charge in [-0.25, -0.2) is 4.79 Å². The van der Waals surface area contributed by atoms with E-state index in [1.165, 1.54) is 20.3 Å². The lowest BCUT2D eigenvalue weighted by molar-refractivity contribution is -0.132. The number of esters is 1. The van der Waals surface area contributed by atoms with Crippen molar-refractivity contribution < 1.29 is 23.5 Å². The van der Waals surface area contributed by atoms with Crippen LogP contribution in [0.1, 0.15) is 16.7 Å². The fraction of sp³-hybridized carbons (Fsp3) is 0.158. The number of carbonyl (C=O) groups is 1. The number of benzene rings is 2. The van der Waals surface area contributed by atoms with E-state index in [1.54, 1.807) is 42.5 Å². The minimum atomic E-state index is -0.814. The zero-order valence-electron chi connectivity index (χ0n) is 14.2. The maximum Gasteiger partial charge on any atom is 0.360 e. The number of oxime groups is 1. The third-order valence-electron chi connectivity index (χ3n) is 3.36. The van der Waals surface area contributed by atoms with Crippen LogP contribution in [-0.4, -0.2) is 25.9 Å². The Morgan fingerprint density at radius 1 is 1.19 bits per heavy atom. The highest BCUT2D eigenvalue weighted by molar-refractivity contribution is 6.43. The van der Waals surface area contributed by atoms with Gasteiger partial charge in [0.1, 0.15) is 19.5 Å². The molecule has 0 aliphatic heterocycles. The summed E-state index contributed by atoms with van der Waals surface area (Å²) in [6, 6.07) is 13.9. The van der Waals surface area contributed by atoms with E-state index in [1.807, 2.05) is 6.07 Å². The van der Waals surface area contributed by atoms with Crippen molar-refractivity contribution in [1.29, 1.82) is 0 Å². The first-order valence-electron chi connectivity index (χ1n) is 7.58. The van der Waals surface area contributed by atoms with Crippen LogP contribution in [0.15, 0.2) is 59.0 Å². The molecule has 0 saturated heterocycles. The lowest BCUT2D eigenvalue weighted by atomic mass is 10.0. The number of rotatable bonds is 7. The Kier molecular flexibility index (Phi) is 7.17. The van der Waals surface area contributed by atoms with Crippen molar-refractivity contribution in [2.75, 3.05) is 14.2 Å². The van der Waals surface area contributed by atoms with Crippen LogP contribution in [0, 0.1) is 0 Å². The van der Waals surface area contributed by atoms with Crippen LogP contribution >= 0.6 is 11.6 Å². The van der Waals surface area contributed by atoms with E-state index in [9.17, 15) is 9.18 Å². The number of ether oxygens (including phenoxy) is 2. The van der Waals surface area contributed by atoms with Crippen molar-refractivity contribution in [3.63, 3.8) is 0 Å². The molecule has 0 radical (unpaired) electrons. The summed E-state index contributed by atoms with van der Waals surface area (Å²) in [6.45, 7) is 0.159. The van der Waals surface area contributed by atoms with Crippen molar-refractivity contribution in [2.45, 2.75) is 6.61 Å². The molecule has 0 unspecified atom stereocenters. The van der Waals surface area contributed by atoms with Gasteiger partial charge in [0.2, 0.25) is 0 Å². The fourth-order valence-corrected chi connectivity index (χ4v) is 2.37. The molecule has 0 atom stereocenters. The smallest absolute Gasteiger partial charge is 0.360 e. The van der Waals surface area contributed by atoms with Gasteiger partial charge in [-0.1, -0.05) is 53.2 Å². The summed E-state index contributed by atoms with van der Waals surface area (Å²) in [5, 5.41) is 2.94. The number of hydrogen-bond acceptors (Lipinski definition) is 5. The predicted molar refractivity (Wildman–Crippen MR) is 97.7 cm³/mol. The Labute approximate surface area is 155 Å². The SMILES string of the molecule is CON=C(C(=O)OC)c1ccccc1COc1cccc(C=C(F)Cl)c1. The Bertz CT molecular complexity index is 832. The normalized spacial score (nSPS) is 11.8. The molecule has 0 aliphatic rings. The molecule has 5 nitrogen and oxygen atoms in total. The quantitative estimate of drug-likeness (QED) is 0.410. The highest BCUT2D eigenvalue weighted by Gasteiger charge is 2.19. The lowest BCUT2D eigenvalue weighted by Gasteiger charge is -2.12. The monoisotopic (exact) mass is 377 g/mol. The first-order valence-corrected chi connectivity index (χ1v) is 7.96. The number of halogens is 2. The standard InChI is InChI=1S/C19H17ClFNO4/c1-24-19(23)18(22-25-2)16-9-4-3-7-14(16)12-26-15-8-5-6-13(10-15)11-17(20)21/h3-11H,12H2,1-2H3. The largest absolute Gasteiger partial charge is 0.489 e. The molecule has 26 heavy (non-hydrogen) atoms. The summed E-state index contributed by atoms with van der Waals surface area (Å²) in [6.07, 6.45) is 1.18. The fourth-order valence-electron chi connectivity index (χ4n) is 2.24. The third kappa shape index (κ3) is 5.32. The van der Waals surface area contributed by atoms with Gasteiger partial charge >= 0.3 is 5.97 Å². The minimum absolute atomic E-state index is 0.0371. The van der Waals surface area contributed by atoms with E-state index in [2.05, 4.69) is 5.16 Å². The zero-order valence-corrected chi connectivity index (χ0v) is 15.0. The minimum Gasteiger partial charge on any atom is -0.489 e. The van der Waals surface area contributed by atoms with Gasteiger partial charge < -0.3 is 14.3 Å². The number of carbonyl (C=O) groups excluding carboxylic acids is 1. The van der Waals surface area contributed by atoms with Crippen molar-refractivity contribution in [3.8, 4) is 5.75 Å². The average Bonchev–Trinajstić information content (AvgIpc) is 2.64. The summed E-state index contributed by atoms with van der Waals surface area (Å²) in [5.74, 6) is -0.0983. The van der Waals surface area contributed by atoms with Gasteiger partial charge in [-0.15, -0.1) is 0 Å². The molecule has 0 aromatic heterocycles. The van der Waals surface area contributed by atoms with Crippen LogP contribution in [0.3, 0.4) is 0 Å². The molecule has 0 saturated carbocycles. The van der Waals surface area contributed by atoms with Crippen molar-refractivity contribution in [1.82, 2.24) is 0 Å². The van der Waals surface area contributed by atoms with Gasteiger partial charge in [0.15, 0.2) is 11.0 Å². The highest BCUT2D eigenvalue weighted by Crippen LogP contribution is 2.20. The number of hydrogen-bond donors (Lipinski definition) is 0. The molecular formula is C19H17ClFNO4. The van der Waals surface area contributed by atoms with Crippen molar-refractivity contribution in [2.24, 2.45) is 5.16 Å². The third-order valence-corrected chi connectivity index (χ3v) is 3.47. The van der Waals surface area contributed by atoms with Crippen LogP contribution in [-0.2, 0) is 21.0 Å². The zero-order chi connectivity index (χ0) is 18.9. The van der Waals surface area contributed by atoms with Gasteiger partial charge in [-0.3, -0.25) is 0 Å². The molecule has 0 amide bonds. The first kappa shape index (κ1) is 19.5. The lowest BCUT2D eigenvalue weighted by Crippen LogP contribution is -2.19. The van der Waals surface area contributed by atoms with Crippen molar-refractivity contribution in [3.05, 3.63) is 70.5 Å². The Hall–Kier alpha value is -2.86. The maximum absolute atomic E-state index is 12.8. The molecule has 0 fully saturated rings. The molecule has 7 heteroatoms. The van der Waals surface area contributed by atoms with E-state index < -0.39 is 11.3 Å². The molecule has 0 bridgehead atoms. The first-order chi connectivity index (χ1) is 12.5. The highest BCUT2D eigenvalue weighted by atomic mass is 35.5. The molecule has 136 valence electrons. The summed E-state index contributed by atoms with van der Waals surface area (Å²) >= 11 is 5.25. The van der Waals surface area contributed by atoms with Crippen LogP contribution in [0.4, 0.5) is 4.39 Å². The molecule has 2 aromatic carbocycles. The summed E-state index contributed by atoms with van der Waals surface area (Å²) in [5.41, 5.74) is 1.84. The predicted octanol–water partition coefficient (Wildman–Crippen LogP) is 4.30. The van der Waals surface area contributed by atoms with Crippen LogP contribution in [0.25, 0.3) is 6.08 Å². The van der Waals surface area contributed by atoms with E-state index in [0.717, 1.165) is 0 Å². The summed E-state index contributed by atoms with van der Waals surface area (Å²) < 4.78 is 23.3. The number of nitrogens with zero attached hydrogens (tertiary/aromatic N) is 1. The van der Waals surface area contributed by atoms with Gasteiger partial charge in [0.05, 0.1) is 7.11 Å².